The van der Waals surface area contributed by atoms with Crippen LogP contribution in [0.25, 0.3) is 0 Å². The molecule has 1 amide bonds. The van der Waals surface area contributed by atoms with Crippen molar-refractivity contribution in [1.29, 1.82) is 0 Å². The van der Waals surface area contributed by atoms with Gasteiger partial charge in [-0.1, -0.05) is 23.7 Å². The van der Waals surface area contributed by atoms with Gasteiger partial charge >= 0.3 is 0 Å². The van der Waals surface area contributed by atoms with E-state index >= 15 is 0 Å². The van der Waals surface area contributed by atoms with Crippen molar-refractivity contribution < 1.29 is 9.90 Å². The van der Waals surface area contributed by atoms with Gasteiger partial charge in [0.15, 0.2) is 5.82 Å². The van der Waals surface area contributed by atoms with E-state index in [1.165, 1.54) is 0 Å². The lowest BCUT2D eigenvalue weighted by atomic mass is 10.2. The number of aromatic nitrogens is 2. The number of carbonyl (C=O) groups excluding carboxylic acids is 1. The minimum atomic E-state index is 0.0378. The molecule has 0 unspecified atom stereocenters. The predicted molar refractivity (Wildman–Crippen MR) is 144 cm³/mol. The minimum absolute atomic E-state index is 0.0378. The molecule has 1 aromatic heterocycles. The monoisotopic (exact) mass is 507 g/mol. The Labute approximate surface area is 215 Å². The first kappa shape index (κ1) is 24.3. The number of piperazine rings is 1. The number of β-amino-alcohol motifs (C(OH)–C–C–N with tert-alkyl or cyclic N) is 1. The van der Waals surface area contributed by atoms with E-state index in [4.69, 9.17) is 16.7 Å². The number of rotatable bonds is 9. The molecule has 0 bridgehead atoms. The molecule has 2 fully saturated rings. The normalized spacial score (nSPS) is 16.0. The van der Waals surface area contributed by atoms with Crippen LogP contribution in [0.2, 0.25) is 5.02 Å². The van der Waals surface area contributed by atoms with E-state index in [0.29, 0.717) is 28.2 Å². The number of aliphatic hydroxyl groups is 1. The molecule has 5 rings (SSSR count). The van der Waals surface area contributed by atoms with Gasteiger partial charge < -0.3 is 26.0 Å². The van der Waals surface area contributed by atoms with Crippen molar-refractivity contribution in [2.45, 2.75) is 12.8 Å². The van der Waals surface area contributed by atoms with Gasteiger partial charge in [-0.05, 0) is 49.2 Å². The van der Waals surface area contributed by atoms with Crippen LogP contribution in [0.3, 0.4) is 0 Å². The van der Waals surface area contributed by atoms with Crippen LogP contribution in [0.4, 0.5) is 34.5 Å². The van der Waals surface area contributed by atoms with Crippen molar-refractivity contribution >= 4 is 52.0 Å². The first-order valence-electron chi connectivity index (χ1n) is 12.2. The zero-order chi connectivity index (χ0) is 24.9. The van der Waals surface area contributed by atoms with Crippen LogP contribution in [0.1, 0.15) is 12.8 Å². The number of carbonyl (C=O) groups is 1. The van der Waals surface area contributed by atoms with Crippen molar-refractivity contribution in [2.24, 2.45) is 5.92 Å². The van der Waals surface area contributed by atoms with Gasteiger partial charge in [0, 0.05) is 50.0 Å². The third-order valence-corrected chi connectivity index (χ3v) is 6.68. The van der Waals surface area contributed by atoms with E-state index in [0.717, 1.165) is 56.9 Å². The molecule has 0 spiro atoms. The van der Waals surface area contributed by atoms with Crippen molar-refractivity contribution in [3.63, 3.8) is 0 Å². The summed E-state index contributed by atoms with van der Waals surface area (Å²) in [5, 5.41) is 19.0. The fourth-order valence-electron chi connectivity index (χ4n) is 4.18. The molecule has 4 N–H and O–H groups in total. The van der Waals surface area contributed by atoms with Gasteiger partial charge in [-0.2, -0.15) is 4.98 Å². The molecule has 36 heavy (non-hydrogen) atoms. The van der Waals surface area contributed by atoms with E-state index in [1.54, 1.807) is 6.20 Å². The first-order chi connectivity index (χ1) is 17.6. The fraction of sp³-hybridized carbons (Fsp3) is 0.346. The van der Waals surface area contributed by atoms with E-state index in [2.05, 4.69) is 47.9 Å². The van der Waals surface area contributed by atoms with Gasteiger partial charge in [-0.15, -0.1) is 0 Å². The highest BCUT2D eigenvalue weighted by Gasteiger charge is 2.30. The molecule has 0 radical (unpaired) electrons. The summed E-state index contributed by atoms with van der Waals surface area (Å²) in [7, 11) is 0. The first-order valence-corrected chi connectivity index (χ1v) is 12.6. The lowest BCUT2D eigenvalue weighted by molar-refractivity contribution is -0.117. The van der Waals surface area contributed by atoms with Crippen LogP contribution in [0.5, 0.6) is 0 Å². The Kier molecular flexibility index (Phi) is 7.50. The summed E-state index contributed by atoms with van der Waals surface area (Å²) in [5.41, 5.74) is 3.42. The molecule has 2 aromatic carbocycles. The third kappa shape index (κ3) is 6.04. The number of hydrogen-bond donors (Lipinski definition) is 4. The van der Waals surface area contributed by atoms with Crippen molar-refractivity contribution in [2.75, 3.05) is 60.2 Å². The van der Waals surface area contributed by atoms with Gasteiger partial charge in [0.05, 0.1) is 24.2 Å². The number of hydrogen-bond acceptors (Lipinski definition) is 8. The molecule has 1 saturated carbocycles. The Bertz CT molecular complexity index is 1200. The minimum Gasteiger partial charge on any atom is -0.395 e. The lowest BCUT2D eigenvalue weighted by Gasteiger charge is -2.35. The quantitative estimate of drug-likeness (QED) is 0.343. The number of amides is 1. The molecular formula is C26H30ClN7O2. The molecule has 2 aliphatic rings. The Morgan fingerprint density at radius 1 is 1.00 bits per heavy atom. The number of nitrogens with one attached hydrogen (secondary N) is 3. The highest BCUT2D eigenvalue weighted by Crippen LogP contribution is 2.33. The van der Waals surface area contributed by atoms with Gasteiger partial charge in [-0.3, -0.25) is 9.69 Å². The third-order valence-electron chi connectivity index (χ3n) is 6.41. The fourth-order valence-corrected chi connectivity index (χ4v) is 4.32. The van der Waals surface area contributed by atoms with Gasteiger partial charge in [0.1, 0.15) is 5.02 Å². The average Bonchev–Trinajstić information content (AvgIpc) is 3.74. The number of aliphatic hydroxyl groups excluding tert-OH is 1. The number of halogens is 1. The highest BCUT2D eigenvalue weighted by atomic mass is 35.5. The van der Waals surface area contributed by atoms with Crippen LogP contribution in [-0.2, 0) is 4.79 Å². The summed E-state index contributed by atoms with van der Waals surface area (Å²) in [6.07, 6.45) is 3.43. The molecule has 188 valence electrons. The van der Waals surface area contributed by atoms with Crippen molar-refractivity contribution in [3.05, 3.63) is 59.8 Å². The van der Waals surface area contributed by atoms with Gasteiger partial charge in [-0.25, -0.2) is 4.98 Å². The molecule has 1 aliphatic carbocycles. The molecular weight excluding hydrogens is 478 g/mol. The van der Waals surface area contributed by atoms with Crippen LogP contribution >= 0.6 is 11.6 Å². The molecule has 9 nitrogen and oxygen atoms in total. The van der Waals surface area contributed by atoms with Crippen LogP contribution in [0, 0.1) is 5.92 Å². The zero-order valence-electron chi connectivity index (χ0n) is 20.0. The number of nitrogens with zero attached hydrogens (tertiary/aromatic N) is 4. The Hall–Kier alpha value is -3.40. The van der Waals surface area contributed by atoms with Crippen LogP contribution in [-0.4, -0.2) is 65.2 Å². The van der Waals surface area contributed by atoms with Crippen molar-refractivity contribution in [1.82, 2.24) is 14.9 Å². The van der Waals surface area contributed by atoms with E-state index < -0.39 is 0 Å². The molecule has 1 aliphatic heterocycles. The zero-order valence-corrected chi connectivity index (χ0v) is 20.7. The second-order valence-corrected chi connectivity index (χ2v) is 9.46. The van der Waals surface area contributed by atoms with Gasteiger partial charge in [0.2, 0.25) is 11.9 Å². The maximum Gasteiger partial charge on any atom is 0.229 e. The molecule has 10 heteroatoms. The van der Waals surface area contributed by atoms with Crippen LogP contribution in [0.15, 0.2) is 54.7 Å². The molecule has 1 saturated heterocycles. The van der Waals surface area contributed by atoms with E-state index in [1.807, 2.05) is 36.4 Å². The standard InChI is InChI=1S/C26H30ClN7O2/c27-21-17-28-26(29-19-7-9-20(10-8-19)34-13-11-33(12-14-34)15-16-35)32-24(21)30-22-3-1-2-4-23(22)31-25(36)18-5-6-18/h1-4,7-10,17-18,35H,5-6,11-16H2,(H,31,36)(H2,28,29,30,32). The number of benzene rings is 2. The molecule has 2 heterocycles. The molecule has 3 aromatic rings. The predicted octanol–water partition coefficient (Wildman–Crippen LogP) is 4.08. The van der Waals surface area contributed by atoms with E-state index in [9.17, 15) is 4.79 Å². The maximum absolute atomic E-state index is 12.3. The summed E-state index contributed by atoms with van der Waals surface area (Å²) in [6.45, 7) is 4.70. The van der Waals surface area contributed by atoms with Crippen LogP contribution < -0.4 is 20.9 Å². The summed E-state index contributed by atoms with van der Waals surface area (Å²) in [5.74, 6) is 1.00. The molecule has 0 atom stereocenters. The average molecular weight is 508 g/mol. The highest BCUT2D eigenvalue weighted by molar-refractivity contribution is 6.33. The second kappa shape index (κ2) is 11.1. The Balaban J connectivity index is 1.24. The summed E-state index contributed by atoms with van der Waals surface area (Å²) < 4.78 is 0. The summed E-state index contributed by atoms with van der Waals surface area (Å²) >= 11 is 6.38. The second-order valence-electron chi connectivity index (χ2n) is 9.05. The Morgan fingerprint density at radius 2 is 1.72 bits per heavy atom. The topological polar surface area (TPSA) is 106 Å². The maximum atomic E-state index is 12.3. The number of para-hydroxylation sites is 2. The summed E-state index contributed by atoms with van der Waals surface area (Å²) in [4.78, 5) is 25.7. The van der Waals surface area contributed by atoms with Gasteiger partial charge in [0.25, 0.3) is 0 Å². The summed E-state index contributed by atoms with van der Waals surface area (Å²) in [6, 6.07) is 15.7. The lowest BCUT2D eigenvalue weighted by Crippen LogP contribution is -2.47. The largest absolute Gasteiger partial charge is 0.395 e. The van der Waals surface area contributed by atoms with Crippen molar-refractivity contribution in [3.8, 4) is 0 Å². The van der Waals surface area contributed by atoms with E-state index in [-0.39, 0.29) is 18.4 Å². The Morgan fingerprint density at radius 3 is 2.42 bits per heavy atom. The smallest absolute Gasteiger partial charge is 0.229 e. The SMILES string of the molecule is O=C(Nc1ccccc1Nc1nc(Nc2ccc(N3CCN(CCO)CC3)cc2)ncc1Cl)C1CC1. The number of anilines is 6.